The van der Waals surface area contributed by atoms with Gasteiger partial charge in [0.15, 0.2) is 0 Å². The summed E-state index contributed by atoms with van der Waals surface area (Å²) >= 11 is 0. The van der Waals surface area contributed by atoms with E-state index in [9.17, 15) is 9.59 Å². The molecule has 4 aromatic rings. The average molecular weight is 375 g/mol. The molecule has 7 heteroatoms. The third-order valence-corrected chi connectivity index (χ3v) is 3.86. The number of nitrogens with one attached hydrogen (secondary N) is 1. The number of anilines is 1. The molecule has 4 rings (SSSR count). The maximum atomic E-state index is 9.55. The number of para-hydroxylation sites is 2. The zero-order valence-corrected chi connectivity index (χ0v) is 14.7. The molecule has 28 heavy (non-hydrogen) atoms. The summed E-state index contributed by atoms with van der Waals surface area (Å²) in [6.07, 6.45) is 4.99. The number of carboxylic acids is 2. The summed E-state index contributed by atoms with van der Waals surface area (Å²) in [5.74, 6) is -2.51. The van der Waals surface area contributed by atoms with Crippen molar-refractivity contribution in [1.29, 1.82) is 0 Å². The molecule has 0 fully saturated rings. The van der Waals surface area contributed by atoms with Gasteiger partial charge in [0.05, 0.1) is 16.7 Å². The summed E-state index contributed by atoms with van der Waals surface area (Å²) in [6, 6.07) is 20.5. The molecule has 0 amide bonds. The van der Waals surface area contributed by atoms with Crippen LogP contribution < -0.4 is 5.43 Å². The van der Waals surface area contributed by atoms with E-state index in [1.165, 1.54) is 5.39 Å². The highest BCUT2D eigenvalue weighted by atomic mass is 16.4. The quantitative estimate of drug-likeness (QED) is 0.469. The lowest BCUT2D eigenvalue weighted by Gasteiger charge is -2.11. The monoisotopic (exact) mass is 375 g/mol. The largest absolute Gasteiger partial charge is 0.478 e. The topological polar surface area (TPSA) is 104 Å². The second kappa shape index (κ2) is 8.50. The van der Waals surface area contributed by atoms with E-state index >= 15 is 0 Å². The minimum Gasteiger partial charge on any atom is -0.478 e. The molecular weight excluding hydrogens is 358 g/mol. The van der Waals surface area contributed by atoms with E-state index in [0.717, 1.165) is 22.1 Å². The van der Waals surface area contributed by atoms with Gasteiger partial charge in [0.1, 0.15) is 0 Å². The molecule has 7 nitrogen and oxygen atoms in total. The van der Waals surface area contributed by atoms with E-state index in [-0.39, 0.29) is 0 Å². The van der Waals surface area contributed by atoms with Crippen LogP contribution in [0, 0.1) is 0 Å². The zero-order valence-electron chi connectivity index (χ0n) is 14.7. The molecule has 0 saturated carbocycles. The third kappa shape index (κ3) is 4.53. The van der Waals surface area contributed by atoms with Gasteiger partial charge in [0.25, 0.3) is 0 Å². The van der Waals surface area contributed by atoms with E-state index < -0.39 is 11.9 Å². The first-order chi connectivity index (χ1) is 13.5. The molecule has 2 heterocycles. The van der Waals surface area contributed by atoms with Crippen LogP contribution in [-0.4, -0.2) is 31.8 Å². The van der Waals surface area contributed by atoms with Crippen molar-refractivity contribution in [2.24, 2.45) is 0 Å². The number of benzene rings is 2. The molecule has 0 aliphatic heterocycles. The lowest BCUT2D eigenvalue weighted by molar-refractivity contribution is -0.134. The fourth-order valence-corrected chi connectivity index (χ4v) is 2.65. The number of carboxylic acid groups (broad SMARTS) is 2. The minimum absolute atomic E-state index is 0.558. The molecule has 0 unspecified atom stereocenters. The van der Waals surface area contributed by atoms with Gasteiger partial charge in [-0.1, -0.05) is 36.4 Å². The fourth-order valence-electron chi connectivity index (χ4n) is 2.65. The molecular formula is C21H17N3O4. The second-order valence-corrected chi connectivity index (χ2v) is 5.74. The molecule has 2 aromatic heterocycles. The number of fused-ring (bicyclic) bond motifs is 2. The Morgan fingerprint density at radius 3 is 2.32 bits per heavy atom. The van der Waals surface area contributed by atoms with Crippen molar-refractivity contribution >= 4 is 39.4 Å². The maximum Gasteiger partial charge on any atom is 0.328 e. The molecule has 3 N–H and O–H groups in total. The van der Waals surface area contributed by atoms with E-state index in [2.05, 4.69) is 40.7 Å². The lowest BCUT2D eigenvalue weighted by atomic mass is 10.2. The van der Waals surface area contributed by atoms with Crippen molar-refractivity contribution in [3.8, 4) is 0 Å². The Balaban J connectivity index is 0.000000242. The number of rotatable bonds is 4. The van der Waals surface area contributed by atoms with Crippen molar-refractivity contribution < 1.29 is 19.8 Å². The first kappa shape index (κ1) is 18.7. The summed E-state index contributed by atoms with van der Waals surface area (Å²) < 4.78 is 2.04. The molecule has 0 atom stereocenters. The van der Waals surface area contributed by atoms with Crippen LogP contribution in [0.2, 0.25) is 0 Å². The first-order valence-corrected chi connectivity index (χ1v) is 8.35. The Labute approximate surface area is 160 Å². The maximum absolute atomic E-state index is 9.55. The summed E-state index contributed by atoms with van der Waals surface area (Å²) in [7, 11) is 0. The standard InChI is InChI=1S/C17H13N3.C4H4O4/c1-4-8-17-13(5-1)10-12-20(17)19-16-9-11-18-15-7-3-2-6-14(15)16;5-3(6)1-2-4(7)8/h1-12H,(H,18,19);1-2H,(H,5,6)(H,7,8)/b;2-1-. The van der Waals surface area contributed by atoms with Crippen LogP contribution in [0.15, 0.2) is 85.2 Å². The number of aliphatic carboxylic acids is 2. The van der Waals surface area contributed by atoms with Gasteiger partial charge in [-0.3, -0.25) is 15.1 Å². The Morgan fingerprint density at radius 2 is 1.57 bits per heavy atom. The summed E-state index contributed by atoms with van der Waals surface area (Å²) in [5, 5.41) is 18.0. The van der Waals surface area contributed by atoms with Crippen LogP contribution in [0.4, 0.5) is 5.69 Å². The second-order valence-electron chi connectivity index (χ2n) is 5.74. The summed E-state index contributed by atoms with van der Waals surface area (Å²) in [5.41, 5.74) is 6.65. The first-order valence-electron chi connectivity index (χ1n) is 8.35. The van der Waals surface area contributed by atoms with Gasteiger partial charge in [-0.05, 0) is 24.3 Å². The van der Waals surface area contributed by atoms with Gasteiger partial charge in [0, 0.05) is 35.3 Å². The summed E-state index contributed by atoms with van der Waals surface area (Å²) in [4.78, 5) is 23.5. The number of carbonyl (C=O) groups is 2. The number of aromatic nitrogens is 2. The van der Waals surface area contributed by atoms with Gasteiger partial charge in [-0.15, -0.1) is 0 Å². The van der Waals surface area contributed by atoms with E-state index in [1.807, 2.05) is 47.4 Å². The van der Waals surface area contributed by atoms with Crippen LogP contribution in [-0.2, 0) is 9.59 Å². The number of pyridine rings is 1. The Kier molecular flexibility index (Phi) is 5.66. The molecule has 140 valence electrons. The normalized spacial score (nSPS) is 10.6. The van der Waals surface area contributed by atoms with E-state index in [1.54, 1.807) is 0 Å². The van der Waals surface area contributed by atoms with E-state index in [4.69, 9.17) is 10.2 Å². The predicted molar refractivity (Wildman–Crippen MR) is 107 cm³/mol. The Morgan fingerprint density at radius 1 is 0.893 bits per heavy atom. The smallest absolute Gasteiger partial charge is 0.328 e. The molecule has 0 bridgehead atoms. The molecule has 0 aliphatic rings. The highest BCUT2D eigenvalue weighted by Gasteiger charge is 2.03. The van der Waals surface area contributed by atoms with Crippen LogP contribution in [0.25, 0.3) is 21.8 Å². The predicted octanol–water partition coefficient (Wildman–Crippen LogP) is 3.78. The van der Waals surface area contributed by atoms with Crippen LogP contribution >= 0.6 is 0 Å². The van der Waals surface area contributed by atoms with Crippen molar-refractivity contribution in [3.63, 3.8) is 0 Å². The van der Waals surface area contributed by atoms with Crippen LogP contribution in [0.5, 0.6) is 0 Å². The SMILES string of the molecule is O=C(O)/C=C\C(=O)O.c1ccc2c(c1)ccn2Nc1ccnc2ccccc12. The molecule has 0 radical (unpaired) electrons. The highest BCUT2D eigenvalue weighted by Crippen LogP contribution is 2.23. The van der Waals surface area contributed by atoms with Crippen molar-refractivity contribution in [3.05, 3.63) is 85.2 Å². The Bertz CT molecular complexity index is 1140. The Hall–Kier alpha value is -4.13. The van der Waals surface area contributed by atoms with E-state index in [0.29, 0.717) is 12.2 Å². The van der Waals surface area contributed by atoms with Gasteiger partial charge < -0.3 is 10.2 Å². The lowest BCUT2D eigenvalue weighted by Crippen LogP contribution is -2.07. The average Bonchev–Trinajstić information content (AvgIpc) is 3.10. The minimum atomic E-state index is -1.26. The molecule has 2 aromatic carbocycles. The van der Waals surface area contributed by atoms with Crippen molar-refractivity contribution in [1.82, 2.24) is 9.66 Å². The molecule has 0 spiro atoms. The van der Waals surface area contributed by atoms with Gasteiger partial charge in [-0.2, -0.15) is 0 Å². The van der Waals surface area contributed by atoms with Gasteiger partial charge in [-0.25, -0.2) is 9.59 Å². The third-order valence-electron chi connectivity index (χ3n) is 3.86. The van der Waals surface area contributed by atoms with Crippen LogP contribution in [0.3, 0.4) is 0 Å². The number of nitrogens with zero attached hydrogens (tertiary/aromatic N) is 2. The zero-order chi connectivity index (χ0) is 19.9. The number of hydrogen-bond acceptors (Lipinski definition) is 4. The number of hydrogen-bond donors (Lipinski definition) is 3. The van der Waals surface area contributed by atoms with Crippen molar-refractivity contribution in [2.75, 3.05) is 5.43 Å². The molecule has 0 aliphatic carbocycles. The summed E-state index contributed by atoms with van der Waals surface area (Å²) in [6.45, 7) is 0. The van der Waals surface area contributed by atoms with Crippen LogP contribution in [0.1, 0.15) is 0 Å². The fraction of sp³-hybridized carbons (Fsp3) is 0. The highest BCUT2D eigenvalue weighted by molar-refractivity contribution is 5.91. The van der Waals surface area contributed by atoms with Gasteiger partial charge in [0.2, 0.25) is 0 Å². The van der Waals surface area contributed by atoms with Crippen molar-refractivity contribution in [2.45, 2.75) is 0 Å². The van der Waals surface area contributed by atoms with Gasteiger partial charge >= 0.3 is 11.9 Å². The molecule has 0 saturated heterocycles.